The van der Waals surface area contributed by atoms with Crippen molar-refractivity contribution in [2.75, 3.05) is 32.1 Å². The van der Waals surface area contributed by atoms with E-state index in [-0.39, 0.29) is 12.5 Å². The summed E-state index contributed by atoms with van der Waals surface area (Å²) < 4.78 is 37.0. The number of fused-ring (bicyclic) bond motifs is 1. The summed E-state index contributed by atoms with van der Waals surface area (Å²) in [5, 5.41) is 6.94. The number of nitrogens with one attached hydrogen (secondary N) is 4. The maximum atomic E-state index is 12.3. The van der Waals surface area contributed by atoms with E-state index in [0.29, 0.717) is 41.7 Å². The van der Waals surface area contributed by atoms with Crippen LogP contribution in [0.15, 0.2) is 18.5 Å². The van der Waals surface area contributed by atoms with E-state index in [1.165, 1.54) is 13.2 Å². The summed E-state index contributed by atoms with van der Waals surface area (Å²) in [6.45, 7) is -0.527. The highest BCUT2D eigenvalue weighted by molar-refractivity contribution is 6.06. The average Bonchev–Trinajstić information content (AvgIpc) is 3.14. The topological polar surface area (TPSA) is 102 Å². The van der Waals surface area contributed by atoms with Crippen molar-refractivity contribution >= 4 is 28.5 Å². The molecule has 1 aliphatic heterocycles. The molecule has 4 N–H and O–H groups in total. The number of hydrogen-bond donors (Lipinski definition) is 4. The van der Waals surface area contributed by atoms with E-state index in [4.69, 9.17) is 0 Å². The van der Waals surface area contributed by atoms with Crippen LogP contribution in [0.3, 0.4) is 0 Å². The number of halogens is 3. The fourth-order valence-electron chi connectivity index (χ4n) is 3.22. The quantitative estimate of drug-likeness (QED) is 0.613. The van der Waals surface area contributed by atoms with Crippen molar-refractivity contribution in [3.05, 3.63) is 24.0 Å². The second-order valence-corrected chi connectivity index (χ2v) is 6.60. The maximum Gasteiger partial charge on any atom is 0.405 e. The van der Waals surface area contributed by atoms with E-state index in [0.717, 1.165) is 0 Å². The van der Waals surface area contributed by atoms with Gasteiger partial charge in [-0.3, -0.25) is 9.59 Å². The highest BCUT2D eigenvalue weighted by Crippen LogP contribution is 2.27. The lowest BCUT2D eigenvalue weighted by Gasteiger charge is -2.33. The van der Waals surface area contributed by atoms with Gasteiger partial charge in [0.25, 0.3) is 5.91 Å². The molecule has 2 amide bonds. The van der Waals surface area contributed by atoms with Gasteiger partial charge in [0.1, 0.15) is 12.2 Å². The SMILES string of the molecule is CNC(=O)c1cnc2[nH]ccc2c1NN1CCCC(C(=O)NCC(F)(F)F)C1. The first-order chi connectivity index (χ1) is 13.3. The van der Waals surface area contributed by atoms with E-state index in [2.05, 4.69) is 20.7 Å². The number of amides is 2. The molecule has 8 nitrogen and oxygen atoms in total. The van der Waals surface area contributed by atoms with Gasteiger partial charge in [-0.15, -0.1) is 0 Å². The van der Waals surface area contributed by atoms with E-state index in [9.17, 15) is 22.8 Å². The van der Waals surface area contributed by atoms with Crippen molar-refractivity contribution in [3.63, 3.8) is 0 Å². The third-order valence-corrected chi connectivity index (χ3v) is 4.58. The number of alkyl halides is 3. The number of pyridine rings is 1. The summed E-state index contributed by atoms with van der Waals surface area (Å²) >= 11 is 0. The van der Waals surface area contributed by atoms with Gasteiger partial charge in [-0.1, -0.05) is 0 Å². The highest BCUT2D eigenvalue weighted by Gasteiger charge is 2.32. The first-order valence-electron chi connectivity index (χ1n) is 8.82. The smallest absolute Gasteiger partial charge is 0.355 e. The zero-order valence-corrected chi connectivity index (χ0v) is 15.2. The van der Waals surface area contributed by atoms with Crippen LogP contribution in [-0.2, 0) is 4.79 Å². The van der Waals surface area contributed by atoms with Gasteiger partial charge in [0.15, 0.2) is 0 Å². The van der Waals surface area contributed by atoms with Gasteiger partial charge in [-0.2, -0.15) is 13.2 Å². The predicted molar refractivity (Wildman–Crippen MR) is 96.5 cm³/mol. The molecule has 0 aromatic carbocycles. The zero-order chi connectivity index (χ0) is 20.3. The third-order valence-electron chi connectivity index (χ3n) is 4.58. The molecule has 2 aromatic rings. The molecule has 0 saturated carbocycles. The number of hydrogen-bond acceptors (Lipinski definition) is 5. The Morgan fingerprint density at radius 1 is 1.39 bits per heavy atom. The van der Waals surface area contributed by atoms with Crippen LogP contribution in [0.1, 0.15) is 23.2 Å². The summed E-state index contributed by atoms with van der Waals surface area (Å²) in [6, 6.07) is 1.77. The largest absolute Gasteiger partial charge is 0.405 e. The minimum atomic E-state index is -4.44. The van der Waals surface area contributed by atoms with Gasteiger partial charge in [0.2, 0.25) is 5.91 Å². The number of carbonyl (C=O) groups is 2. The van der Waals surface area contributed by atoms with Crippen LogP contribution in [0.5, 0.6) is 0 Å². The molecule has 1 unspecified atom stereocenters. The van der Waals surface area contributed by atoms with Crippen molar-refractivity contribution in [3.8, 4) is 0 Å². The lowest BCUT2D eigenvalue weighted by atomic mass is 9.98. The molecule has 2 aromatic heterocycles. The molecule has 3 rings (SSSR count). The van der Waals surface area contributed by atoms with Crippen molar-refractivity contribution in [1.29, 1.82) is 0 Å². The van der Waals surface area contributed by atoms with E-state index in [1.54, 1.807) is 17.3 Å². The standard InChI is InChI=1S/C17H21F3N6O2/c1-21-16(28)12-7-23-14-11(4-5-22-14)13(12)25-26-6-2-3-10(8-26)15(27)24-9-17(18,19)20/h4-5,7,10H,2-3,6,8-9H2,1H3,(H,21,28)(H,24,27)(H2,22,23,25). The summed E-state index contributed by atoms with van der Waals surface area (Å²) in [6.07, 6.45) is -0.174. The molecule has 152 valence electrons. The molecule has 1 fully saturated rings. The number of aromatic amines is 1. The number of aromatic nitrogens is 2. The molecule has 11 heteroatoms. The minimum absolute atomic E-state index is 0.227. The molecule has 1 aliphatic rings. The number of H-pyrrole nitrogens is 1. The zero-order valence-electron chi connectivity index (χ0n) is 15.2. The Morgan fingerprint density at radius 2 is 2.18 bits per heavy atom. The Hall–Kier alpha value is -2.82. The lowest BCUT2D eigenvalue weighted by molar-refractivity contribution is -0.141. The van der Waals surface area contributed by atoms with Gasteiger partial charge in [-0.25, -0.2) is 9.99 Å². The minimum Gasteiger partial charge on any atom is -0.355 e. The van der Waals surface area contributed by atoms with Crippen molar-refractivity contribution in [1.82, 2.24) is 25.6 Å². The van der Waals surface area contributed by atoms with Gasteiger partial charge in [0, 0.05) is 37.9 Å². The molecule has 0 bridgehead atoms. The summed E-state index contributed by atoms with van der Waals surface area (Å²) in [5.41, 5.74) is 4.61. The van der Waals surface area contributed by atoms with E-state index < -0.39 is 24.5 Å². The number of anilines is 1. The Kier molecular flexibility index (Phi) is 5.73. The van der Waals surface area contributed by atoms with Crippen LogP contribution in [0.25, 0.3) is 11.0 Å². The van der Waals surface area contributed by atoms with E-state index in [1.807, 2.05) is 5.32 Å². The van der Waals surface area contributed by atoms with Crippen LogP contribution >= 0.6 is 0 Å². The molecule has 3 heterocycles. The number of rotatable bonds is 5. The maximum absolute atomic E-state index is 12.3. The Balaban J connectivity index is 1.75. The fraction of sp³-hybridized carbons (Fsp3) is 0.471. The molecule has 0 aliphatic carbocycles. The first kappa shape index (κ1) is 19.9. The molecule has 0 spiro atoms. The normalized spacial score (nSPS) is 18.1. The Bertz CT molecular complexity index is 866. The van der Waals surface area contributed by atoms with E-state index >= 15 is 0 Å². The van der Waals surface area contributed by atoms with Crippen molar-refractivity contribution < 1.29 is 22.8 Å². The average molecular weight is 398 g/mol. The molecular weight excluding hydrogens is 377 g/mol. The summed E-state index contributed by atoms with van der Waals surface area (Å²) in [5.74, 6) is -1.53. The summed E-state index contributed by atoms with van der Waals surface area (Å²) in [7, 11) is 1.51. The first-order valence-corrected chi connectivity index (χ1v) is 8.82. The van der Waals surface area contributed by atoms with Crippen molar-refractivity contribution in [2.24, 2.45) is 5.92 Å². The fourth-order valence-corrected chi connectivity index (χ4v) is 3.22. The van der Waals surface area contributed by atoms with Gasteiger partial charge in [-0.05, 0) is 18.9 Å². The third kappa shape index (κ3) is 4.53. The Labute approximate surface area is 158 Å². The summed E-state index contributed by atoms with van der Waals surface area (Å²) in [4.78, 5) is 31.5. The second kappa shape index (κ2) is 8.05. The Morgan fingerprint density at radius 3 is 2.89 bits per heavy atom. The molecular formula is C17H21F3N6O2. The van der Waals surface area contributed by atoms with Crippen LogP contribution < -0.4 is 16.1 Å². The highest BCUT2D eigenvalue weighted by atomic mass is 19.4. The molecule has 1 saturated heterocycles. The number of carbonyl (C=O) groups excluding carboxylic acids is 2. The van der Waals surface area contributed by atoms with Crippen LogP contribution in [0, 0.1) is 5.92 Å². The molecule has 0 radical (unpaired) electrons. The number of nitrogens with zero attached hydrogens (tertiary/aromatic N) is 2. The second-order valence-electron chi connectivity index (χ2n) is 6.60. The van der Waals surface area contributed by atoms with Crippen LogP contribution in [0.4, 0.5) is 18.9 Å². The monoisotopic (exact) mass is 398 g/mol. The predicted octanol–water partition coefficient (Wildman–Crippen LogP) is 1.64. The van der Waals surface area contributed by atoms with Crippen LogP contribution in [0.2, 0.25) is 0 Å². The number of hydrazine groups is 1. The van der Waals surface area contributed by atoms with Gasteiger partial charge < -0.3 is 21.0 Å². The van der Waals surface area contributed by atoms with Crippen LogP contribution in [-0.4, -0.2) is 59.6 Å². The van der Waals surface area contributed by atoms with Gasteiger partial charge in [0.05, 0.1) is 17.2 Å². The molecule has 1 atom stereocenters. The lowest BCUT2D eigenvalue weighted by Crippen LogP contribution is -2.47. The number of piperidine rings is 1. The molecule has 28 heavy (non-hydrogen) atoms. The van der Waals surface area contributed by atoms with Gasteiger partial charge >= 0.3 is 6.18 Å². The van der Waals surface area contributed by atoms with Crippen molar-refractivity contribution in [2.45, 2.75) is 19.0 Å².